The summed E-state index contributed by atoms with van der Waals surface area (Å²) in [4.78, 5) is 29.2. The minimum absolute atomic E-state index is 0.0299. The number of hydrogen-bond acceptors (Lipinski definition) is 5. The lowest BCUT2D eigenvalue weighted by Crippen LogP contribution is -2.55. The topological polar surface area (TPSA) is 96.0 Å². The van der Waals surface area contributed by atoms with Crippen LogP contribution in [0, 0.1) is 13.8 Å². The van der Waals surface area contributed by atoms with E-state index in [0.29, 0.717) is 24.5 Å². The molecule has 0 radical (unpaired) electrons. The Morgan fingerprint density at radius 3 is 2.07 bits per heavy atom. The Kier molecular flexibility index (Phi) is 10.8. The molecule has 9 heteroatoms. The van der Waals surface area contributed by atoms with E-state index in [1.54, 1.807) is 36.4 Å². The van der Waals surface area contributed by atoms with Crippen LogP contribution in [0.15, 0.2) is 77.7 Å². The first-order valence-electron chi connectivity index (χ1n) is 14.2. The number of nitrogens with zero attached hydrogens (tertiary/aromatic N) is 2. The van der Waals surface area contributed by atoms with Gasteiger partial charge in [-0.15, -0.1) is 0 Å². The predicted octanol–water partition coefficient (Wildman–Crippen LogP) is 5.62. The highest BCUT2D eigenvalue weighted by molar-refractivity contribution is 7.92. The monoisotopic (exact) mass is 593 g/mol. The SMILES string of the molecule is CCOc1ccc(S(=O)(=O)N(CC(=O)N(Cc2ccccc2C)C(CC)C(=O)NC(C)(C)C)c2ccc(C)cc2)cc1. The fourth-order valence-corrected chi connectivity index (χ4v) is 6.00. The highest BCUT2D eigenvalue weighted by atomic mass is 32.2. The number of anilines is 1. The maximum Gasteiger partial charge on any atom is 0.264 e. The molecule has 226 valence electrons. The minimum Gasteiger partial charge on any atom is -0.494 e. The predicted molar refractivity (Wildman–Crippen MR) is 167 cm³/mol. The van der Waals surface area contributed by atoms with Gasteiger partial charge in [0.15, 0.2) is 0 Å². The molecule has 0 spiro atoms. The summed E-state index contributed by atoms with van der Waals surface area (Å²) >= 11 is 0. The molecule has 0 aliphatic rings. The Morgan fingerprint density at radius 2 is 1.52 bits per heavy atom. The maximum atomic E-state index is 14.2. The summed E-state index contributed by atoms with van der Waals surface area (Å²) in [6.45, 7) is 13.3. The molecule has 0 aromatic heterocycles. The van der Waals surface area contributed by atoms with Gasteiger partial charge < -0.3 is 15.0 Å². The minimum atomic E-state index is -4.16. The van der Waals surface area contributed by atoms with Crippen LogP contribution in [-0.2, 0) is 26.2 Å². The summed E-state index contributed by atoms with van der Waals surface area (Å²) < 4.78 is 34.7. The van der Waals surface area contributed by atoms with E-state index in [9.17, 15) is 18.0 Å². The van der Waals surface area contributed by atoms with Crippen molar-refractivity contribution in [1.82, 2.24) is 10.2 Å². The second-order valence-electron chi connectivity index (χ2n) is 11.4. The van der Waals surface area contributed by atoms with Gasteiger partial charge in [-0.25, -0.2) is 8.42 Å². The Morgan fingerprint density at radius 1 is 0.905 bits per heavy atom. The molecule has 42 heavy (non-hydrogen) atoms. The zero-order valence-electron chi connectivity index (χ0n) is 25.7. The number of sulfonamides is 1. The molecule has 0 saturated carbocycles. The van der Waals surface area contributed by atoms with Crippen molar-refractivity contribution < 1.29 is 22.7 Å². The molecule has 1 unspecified atom stereocenters. The molecule has 0 saturated heterocycles. The van der Waals surface area contributed by atoms with Gasteiger partial charge >= 0.3 is 0 Å². The van der Waals surface area contributed by atoms with Gasteiger partial charge in [-0.3, -0.25) is 13.9 Å². The molecule has 0 aliphatic heterocycles. The average Bonchev–Trinajstić information content (AvgIpc) is 2.92. The third kappa shape index (κ3) is 8.35. The van der Waals surface area contributed by atoms with Gasteiger partial charge in [0, 0.05) is 12.1 Å². The number of nitrogens with one attached hydrogen (secondary N) is 1. The summed E-state index contributed by atoms with van der Waals surface area (Å²) in [6, 6.07) is 20.0. The van der Waals surface area contributed by atoms with Crippen molar-refractivity contribution in [1.29, 1.82) is 0 Å². The number of hydrogen-bond donors (Lipinski definition) is 1. The molecule has 3 rings (SSSR count). The number of ether oxygens (including phenoxy) is 1. The lowest BCUT2D eigenvalue weighted by molar-refractivity contribution is -0.141. The fraction of sp³-hybridized carbons (Fsp3) is 0.394. The molecule has 1 atom stereocenters. The van der Waals surface area contributed by atoms with Crippen LogP contribution in [0.3, 0.4) is 0 Å². The van der Waals surface area contributed by atoms with Crippen LogP contribution in [0.4, 0.5) is 5.69 Å². The van der Waals surface area contributed by atoms with E-state index in [1.807, 2.05) is 72.7 Å². The van der Waals surface area contributed by atoms with Crippen LogP contribution < -0.4 is 14.4 Å². The van der Waals surface area contributed by atoms with E-state index in [2.05, 4.69) is 5.32 Å². The van der Waals surface area contributed by atoms with Crippen LogP contribution in [-0.4, -0.2) is 49.9 Å². The zero-order valence-corrected chi connectivity index (χ0v) is 26.5. The van der Waals surface area contributed by atoms with Crippen LogP contribution in [0.5, 0.6) is 5.75 Å². The first kappa shape index (κ1) is 32.7. The molecule has 8 nitrogen and oxygen atoms in total. The van der Waals surface area contributed by atoms with Gasteiger partial charge in [0.1, 0.15) is 18.3 Å². The highest BCUT2D eigenvalue weighted by Gasteiger charge is 2.34. The lowest BCUT2D eigenvalue weighted by Gasteiger charge is -2.35. The Hall–Kier alpha value is -3.85. The number of amides is 2. The van der Waals surface area contributed by atoms with Gasteiger partial charge in [0.2, 0.25) is 11.8 Å². The number of rotatable bonds is 12. The lowest BCUT2D eigenvalue weighted by atomic mass is 10.0. The van der Waals surface area contributed by atoms with E-state index in [-0.39, 0.29) is 17.3 Å². The maximum absolute atomic E-state index is 14.2. The quantitative estimate of drug-likeness (QED) is 0.294. The standard InChI is InChI=1S/C33H43N3O5S/c1-8-30(32(38)34-33(5,6)7)35(22-26-13-11-10-12-25(26)4)31(37)23-36(27-16-14-24(3)15-17-27)42(39,40)29-20-18-28(19-21-29)41-9-2/h10-21,30H,8-9,22-23H2,1-7H3,(H,34,38). The van der Waals surface area contributed by atoms with E-state index in [1.165, 1.54) is 17.0 Å². The molecule has 1 N–H and O–H groups in total. The van der Waals surface area contributed by atoms with Crippen LogP contribution in [0.25, 0.3) is 0 Å². The van der Waals surface area contributed by atoms with E-state index in [0.717, 1.165) is 21.0 Å². The third-order valence-corrected chi connectivity index (χ3v) is 8.60. The van der Waals surface area contributed by atoms with E-state index < -0.39 is 34.1 Å². The van der Waals surface area contributed by atoms with Crippen molar-refractivity contribution in [3.8, 4) is 5.75 Å². The van der Waals surface area contributed by atoms with Crippen molar-refractivity contribution in [2.75, 3.05) is 17.5 Å². The van der Waals surface area contributed by atoms with Crippen molar-refractivity contribution in [3.63, 3.8) is 0 Å². The largest absolute Gasteiger partial charge is 0.494 e. The normalized spacial score (nSPS) is 12.4. The first-order valence-corrected chi connectivity index (χ1v) is 15.7. The van der Waals surface area contributed by atoms with Gasteiger partial charge in [-0.05, 0) is 95.5 Å². The van der Waals surface area contributed by atoms with Crippen LogP contribution in [0.1, 0.15) is 57.7 Å². The summed E-state index contributed by atoms with van der Waals surface area (Å²) in [5, 5.41) is 2.99. The molecular weight excluding hydrogens is 550 g/mol. The Balaban J connectivity index is 2.07. The summed E-state index contributed by atoms with van der Waals surface area (Å²) in [5.74, 6) is -0.220. The van der Waals surface area contributed by atoms with Crippen LogP contribution in [0.2, 0.25) is 0 Å². The summed E-state index contributed by atoms with van der Waals surface area (Å²) in [5.41, 5.74) is 2.65. The second kappa shape index (κ2) is 13.9. The Labute approximate surface area is 250 Å². The summed E-state index contributed by atoms with van der Waals surface area (Å²) in [6.07, 6.45) is 0.357. The zero-order chi connectivity index (χ0) is 31.1. The average molecular weight is 594 g/mol. The van der Waals surface area contributed by atoms with Gasteiger partial charge in [-0.2, -0.15) is 0 Å². The van der Waals surface area contributed by atoms with E-state index >= 15 is 0 Å². The molecule has 0 heterocycles. The number of benzene rings is 3. The molecule has 3 aromatic rings. The summed E-state index contributed by atoms with van der Waals surface area (Å²) in [7, 11) is -4.16. The molecule has 0 bridgehead atoms. The number of aryl methyl sites for hydroxylation is 2. The smallest absolute Gasteiger partial charge is 0.264 e. The van der Waals surface area contributed by atoms with Crippen molar-refractivity contribution in [2.24, 2.45) is 0 Å². The van der Waals surface area contributed by atoms with Gasteiger partial charge in [0.25, 0.3) is 10.0 Å². The molecule has 2 amide bonds. The van der Waals surface area contributed by atoms with Crippen molar-refractivity contribution in [2.45, 2.75) is 77.9 Å². The molecule has 0 aliphatic carbocycles. The van der Waals surface area contributed by atoms with Gasteiger partial charge in [-0.1, -0.05) is 48.9 Å². The first-order chi connectivity index (χ1) is 19.8. The molecule has 0 fully saturated rings. The second-order valence-corrected chi connectivity index (χ2v) is 13.2. The number of carbonyl (C=O) groups is 2. The fourth-order valence-electron chi connectivity index (χ4n) is 4.58. The molecular formula is C33H43N3O5S. The van der Waals surface area contributed by atoms with Crippen LogP contribution >= 0.6 is 0 Å². The molecule has 3 aromatic carbocycles. The van der Waals surface area contributed by atoms with Crippen molar-refractivity contribution in [3.05, 3.63) is 89.5 Å². The van der Waals surface area contributed by atoms with Gasteiger partial charge in [0.05, 0.1) is 17.2 Å². The third-order valence-electron chi connectivity index (χ3n) is 6.81. The highest BCUT2D eigenvalue weighted by Crippen LogP contribution is 2.27. The van der Waals surface area contributed by atoms with E-state index in [4.69, 9.17) is 4.74 Å². The number of carbonyl (C=O) groups excluding carboxylic acids is 2. The Bertz CT molecular complexity index is 1460. The van der Waals surface area contributed by atoms with Crippen molar-refractivity contribution >= 4 is 27.5 Å².